The molecule has 0 amide bonds. The molecule has 0 aliphatic carbocycles. The predicted molar refractivity (Wildman–Crippen MR) is 106 cm³/mol. The van der Waals surface area contributed by atoms with E-state index in [-0.39, 0.29) is 10.7 Å². The highest BCUT2D eigenvalue weighted by molar-refractivity contribution is 7.09. The maximum atomic E-state index is 12.6. The number of aryl methyl sites for hydroxylation is 1. The smallest absolute Gasteiger partial charge is 0.237 e. The van der Waals surface area contributed by atoms with Crippen LogP contribution in [-0.4, -0.2) is 24.1 Å². The SMILES string of the molecule is Cc1nsc(NN=c2ccc(=O)c(=NNc3ccnn3-c3ccccn3)c2=O)n1. The van der Waals surface area contributed by atoms with Gasteiger partial charge < -0.3 is 0 Å². The van der Waals surface area contributed by atoms with Crippen molar-refractivity contribution in [1.82, 2.24) is 24.1 Å². The molecule has 4 aromatic rings. The number of nitrogens with zero attached hydrogens (tertiary/aromatic N) is 7. The van der Waals surface area contributed by atoms with Gasteiger partial charge >= 0.3 is 0 Å². The van der Waals surface area contributed by atoms with E-state index in [0.717, 1.165) is 11.5 Å². The molecule has 11 nitrogen and oxygen atoms in total. The van der Waals surface area contributed by atoms with Crippen LogP contribution in [0.3, 0.4) is 0 Å². The van der Waals surface area contributed by atoms with Gasteiger partial charge in [0, 0.05) is 23.8 Å². The van der Waals surface area contributed by atoms with Gasteiger partial charge in [-0.15, -0.1) is 0 Å². The number of nitrogens with one attached hydrogen (secondary N) is 2. The molecule has 0 spiro atoms. The molecule has 0 aliphatic heterocycles. The molecule has 0 fully saturated rings. The van der Waals surface area contributed by atoms with Gasteiger partial charge in [0.05, 0.1) is 6.20 Å². The quantitative estimate of drug-likeness (QED) is 0.437. The van der Waals surface area contributed by atoms with Crippen LogP contribution in [0, 0.1) is 6.92 Å². The number of benzene rings is 1. The summed E-state index contributed by atoms with van der Waals surface area (Å²) in [6.45, 7) is 1.74. The third-order valence-corrected chi connectivity index (χ3v) is 4.38. The summed E-state index contributed by atoms with van der Waals surface area (Å²) in [6, 6.07) is 9.54. The molecule has 0 aliphatic rings. The summed E-state index contributed by atoms with van der Waals surface area (Å²) in [7, 11) is 0. The van der Waals surface area contributed by atoms with Crippen LogP contribution in [0.15, 0.2) is 68.6 Å². The molecule has 4 rings (SSSR count). The average Bonchev–Trinajstić information content (AvgIpc) is 3.37. The highest BCUT2D eigenvalue weighted by Gasteiger charge is 2.06. The maximum absolute atomic E-state index is 12.6. The molecule has 0 atom stereocenters. The summed E-state index contributed by atoms with van der Waals surface area (Å²) in [5.41, 5.74) is 4.20. The molecule has 0 saturated carbocycles. The van der Waals surface area contributed by atoms with Crippen LogP contribution >= 0.6 is 11.5 Å². The van der Waals surface area contributed by atoms with Crippen molar-refractivity contribution in [2.45, 2.75) is 6.92 Å². The van der Waals surface area contributed by atoms with Crippen molar-refractivity contribution in [3.8, 4) is 5.82 Å². The Kier molecular flexibility index (Phi) is 4.99. The first-order valence-corrected chi connectivity index (χ1v) is 9.09. The van der Waals surface area contributed by atoms with Crippen molar-refractivity contribution in [3.63, 3.8) is 0 Å². The summed E-state index contributed by atoms with van der Waals surface area (Å²) in [5.74, 6) is 1.59. The van der Waals surface area contributed by atoms with Crippen molar-refractivity contribution < 1.29 is 0 Å². The second kappa shape index (κ2) is 7.90. The molecule has 0 saturated heterocycles. The van der Waals surface area contributed by atoms with Gasteiger partial charge in [-0.25, -0.2) is 9.97 Å². The van der Waals surface area contributed by atoms with E-state index < -0.39 is 10.9 Å². The van der Waals surface area contributed by atoms with E-state index in [9.17, 15) is 9.59 Å². The predicted octanol–water partition coefficient (Wildman–Crippen LogP) is -0.121. The van der Waals surface area contributed by atoms with Crippen LogP contribution in [0.25, 0.3) is 5.82 Å². The zero-order chi connectivity index (χ0) is 20.2. The zero-order valence-electron chi connectivity index (χ0n) is 15.0. The monoisotopic (exact) mass is 407 g/mol. The van der Waals surface area contributed by atoms with Gasteiger partial charge in [-0.1, -0.05) is 6.07 Å². The van der Waals surface area contributed by atoms with E-state index in [1.54, 1.807) is 37.5 Å². The molecule has 144 valence electrons. The van der Waals surface area contributed by atoms with Gasteiger partial charge in [0.2, 0.25) is 16.0 Å². The molecule has 2 N–H and O–H groups in total. The molecule has 12 heteroatoms. The Morgan fingerprint density at radius 3 is 2.69 bits per heavy atom. The first-order valence-electron chi connectivity index (χ1n) is 8.32. The van der Waals surface area contributed by atoms with Crippen molar-refractivity contribution >= 4 is 22.5 Å². The fourth-order valence-electron chi connectivity index (χ4n) is 2.35. The van der Waals surface area contributed by atoms with Gasteiger partial charge in [0.15, 0.2) is 17.0 Å². The summed E-state index contributed by atoms with van der Waals surface area (Å²) in [5, 5.41) is 12.3. The van der Waals surface area contributed by atoms with E-state index in [0.29, 0.717) is 22.6 Å². The minimum Gasteiger partial charge on any atom is -0.287 e. The fraction of sp³-hybridized carbons (Fsp3) is 0.0588. The molecule has 0 bridgehead atoms. The van der Waals surface area contributed by atoms with Crippen molar-refractivity contribution in [1.29, 1.82) is 0 Å². The van der Waals surface area contributed by atoms with Crippen molar-refractivity contribution in [3.05, 3.63) is 85.8 Å². The topological polar surface area (TPSA) is 139 Å². The third-order valence-electron chi connectivity index (χ3n) is 3.66. The number of pyridine rings is 1. The molecular weight excluding hydrogens is 394 g/mol. The summed E-state index contributed by atoms with van der Waals surface area (Å²) in [6.07, 6.45) is 3.17. The maximum Gasteiger partial charge on any atom is 0.237 e. The number of hydrogen-bond donors (Lipinski definition) is 2. The average molecular weight is 407 g/mol. The highest BCUT2D eigenvalue weighted by atomic mass is 32.1. The first-order chi connectivity index (χ1) is 14.1. The van der Waals surface area contributed by atoms with E-state index in [1.165, 1.54) is 16.8 Å². The van der Waals surface area contributed by atoms with E-state index in [2.05, 4.69) is 40.5 Å². The lowest BCUT2D eigenvalue weighted by atomic mass is 10.3. The van der Waals surface area contributed by atoms with E-state index >= 15 is 0 Å². The van der Waals surface area contributed by atoms with E-state index in [4.69, 9.17) is 0 Å². The van der Waals surface area contributed by atoms with Gasteiger partial charge in [0.1, 0.15) is 11.2 Å². The van der Waals surface area contributed by atoms with Crippen LogP contribution in [0.5, 0.6) is 0 Å². The highest BCUT2D eigenvalue weighted by Crippen LogP contribution is 2.11. The first kappa shape index (κ1) is 18.3. The van der Waals surface area contributed by atoms with Gasteiger partial charge in [-0.05, 0) is 31.2 Å². The van der Waals surface area contributed by atoms with Crippen molar-refractivity contribution in [2.24, 2.45) is 10.2 Å². The second-order valence-electron chi connectivity index (χ2n) is 5.67. The molecule has 29 heavy (non-hydrogen) atoms. The second-order valence-corrected chi connectivity index (χ2v) is 6.42. The Labute approximate surface area is 166 Å². The lowest BCUT2D eigenvalue weighted by Crippen LogP contribution is -2.48. The Bertz CT molecular complexity index is 1370. The molecule has 0 radical (unpaired) electrons. The van der Waals surface area contributed by atoms with Gasteiger partial charge in [0.25, 0.3) is 0 Å². The van der Waals surface area contributed by atoms with Crippen LogP contribution in [0.1, 0.15) is 5.82 Å². The molecule has 0 unspecified atom stereocenters. The fourth-order valence-corrected chi connectivity index (χ4v) is 2.87. The number of hydrogen-bond acceptors (Lipinski definition) is 11. The molecular formula is C17H13N9O2S. The summed E-state index contributed by atoms with van der Waals surface area (Å²) < 4.78 is 5.50. The normalized spacial score (nSPS) is 12.3. The standard InChI is InChI=1S/C17H13N9O2S/c1-10-20-17(29-25-10)24-21-11-5-6-12(27)15(16(11)28)23-22-14-7-9-19-26(14)13-4-2-3-8-18-13/h2-9,22H,1H3,(H,20,24,25). The number of anilines is 2. The summed E-state index contributed by atoms with van der Waals surface area (Å²) in [4.78, 5) is 33.0. The minimum atomic E-state index is -0.623. The van der Waals surface area contributed by atoms with Crippen LogP contribution in [0.2, 0.25) is 0 Å². The Balaban J connectivity index is 1.68. The van der Waals surface area contributed by atoms with E-state index in [1.807, 2.05) is 6.07 Å². The Hall–Kier alpha value is -4.06. The zero-order valence-corrected chi connectivity index (χ0v) is 15.8. The third kappa shape index (κ3) is 3.96. The summed E-state index contributed by atoms with van der Waals surface area (Å²) >= 11 is 1.11. The Morgan fingerprint density at radius 2 is 1.93 bits per heavy atom. The number of rotatable bonds is 5. The molecule has 1 aromatic carbocycles. The van der Waals surface area contributed by atoms with Crippen LogP contribution in [0.4, 0.5) is 10.9 Å². The lowest BCUT2D eigenvalue weighted by Gasteiger charge is -2.04. The van der Waals surface area contributed by atoms with Crippen LogP contribution < -0.4 is 32.4 Å². The largest absolute Gasteiger partial charge is 0.287 e. The number of aromatic nitrogens is 5. The van der Waals surface area contributed by atoms with Crippen molar-refractivity contribution in [2.75, 3.05) is 10.9 Å². The lowest BCUT2D eigenvalue weighted by molar-refractivity contribution is 0.846. The van der Waals surface area contributed by atoms with Gasteiger partial charge in [-0.3, -0.25) is 20.4 Å². The van der Waals surface area contributed by atoms with Crippen LogP contribution in [-0.2, 0) is 0 Å². The molecule has 3 aromatic heterocycles. The molecule has 3 heterocycles. The minimum absolute atomic E-state index is 0.0243. The Morgan fingerprint density at radius 1 is 1.03 bits per heavy atom. The van der Waals surface area contributed by atoms with Gasteiger partial charge in [-0.2, -0.15) is 24.4 Å².